The van der Waals surface area contributed by atoms with Gasteiger partial charge in [0.25, 0.3) is 0 Å². The number of likely N-dealkylation sites (tertiary alicyclic amines) is 1. The van der Waals surface area contributed by atoms with Gasteiger partial charge in [0.05, 0.1) is 20.3 Å². The third-order valence-electron chi connectivity index (χ3n) is 3.97. The summed E-state index contributed by atoms with van der Waals surface area (Å²) in [6, 6.07) is 0.649. The molecule has 0 radical (unpaired) electrons. The molecule has 2 aliphatic heterocycles. The third-order valence-corrected chi connectivity index (χ3v) is 3.97. The van der Waals surface area contributed by atoms with Gasteiger partial charge in [-0.2, -0.15) is 0 Å². The summed E-state index contributed by atoms with van der Waals surface area (Å²) in [5, 5.41) is 0. The van der Waals surface area contributed by atoms with E-state index in [1.54, 1.807) is 6.92 Å². The number of morpholine rings is 1. The van der Waals surface area contributed by atoms with E-state index in [0.29, 0.717) is 11.6 Å². The van der Waals surface area contributed by atoms with E-state index >= 15 is 0 Å². The molecule has 0 spiro atoms. The van der Waals surface area contributed by atoms with Gasteiger partial charge in [-0.15, -0.1) is 0 Å². The highest BCUT2D eigenvalue weighted by Crippen LogP contribution is 2.16. The van der Waals surface area contributed by atoms with E-state index in [0.717, 1.165) is 45.9 Å². The highest BCUT2D eigenvalue weighted by atomic mass is 16.5. The maximum Gasteiger partial charge on any atom is 0.333 e. The van der Waals surface area contributed by atoms with E-state index in [1.165, 1.54) is 13.5 Å². The van der Waals surface area contributed by atoms with Crippen molar-refractivity contribution < 1.29 is 14.3 Å². The Hall–Kier alpha value is -0.910. The van der Waals surface area contributed by atoms with Crippen molar-refractivity contribution >= 4 is 5.97 Å². The summed E-state index contributed by atoms with van der Waals surface area (Å²) in [6.07, 6.45) is 3.18. The van der Waals surface area contributed by atoms with Crippen molar-refractivity contribution in [1.29, 1.82) is 0 Å². The molecule has 2 saturated heterocycles. The molecule has 2 aliphatic rings. The fraction of sp³-hybridized carbons (Fsp3) is 0.786. The lowest BCUT2D eigenvalue weighted by Crippen LogP contribution is -2.44. The lowest BCUT2D eigenvalue weighted by molar-refractivity contribution is -0.136. The monoisotopic (exact) mass is 268 g/mol. The Bertz CT molecular complexity index is 338. The quantitative estimate of drug-likeness (QED) is 0.549. The van der Waals surface area contributed by atoms with Gasteiger partial charge in [0, 0.05) is 44.3 Å². The maximum absolute atomic E-state index is 11.3. The van der Waals surface area contributed by atoms with Crippen LogP contribution in [0.15, 0.2) is 11.6 Å². The Balaban J connectivity index is 1.77. The molecule has 1 unspecified atom stereocenters. The molecule has 0 aliphatic carbocycles. The first kappa shape index (κ1) is 14.5. The molecule has 19 heavy (non-hydrogen) atoms. The molecule has 0 amide bonds. The van der Waals surface area contributed by atoms with Crippen molar-refractivity contribution in [3.8, 4) is 0 Å². The molecular weight excluding hydrogens is 244 g/mol. The Morgan fingerprint density at radius 2 is 2.11 bits per heavy atom. The Kier molecular flexibility index (Phi) is 5.36. The van der Waals surface area contributed by atoms with E-state index in [-0.39, 0.29) is 5.97 Å². The SMILES string of the molecule is COC(=O)C(C)=CCN1CCC(N2CCOCC2)C1. The molecule has 0 aromatic heterocycles. The molecule has 1 atom stereocenters. The molecule has 0 saturated carbocycles. The highest BCUT2D eigenvalue weighted by Gasteiger charge is 2.28. The molecular formula is C14H24N2O3. The minimum absolute atomic E-state index is 0.232. The lowest BCUT2D eigenvalue weighted by Gasteiger charge is -2.32. The van der Waals surface area contributed by atoms with Gasteiger partial charge in [-0.05, 0) is 13.3 Å². The van der Waals surface area contributed by atoms with Crippen LogP contribution in [0, 0.1) is 0 Å². The van der Waals surface area contributed by atoms with E-state index < -0.39 is 0 Å². The molecule has 0 bridgehead atoms. The Morgan fingerprint density at radius 1 is 1.37 bits per heavy atom. The first-order valence-corrected chi connectivity index (χ1v) is 7.00. The van der Waals surface area contributed by atoms with Gasteiger partial charge < -0.3 is 9.47 Å². The van der Waals surface area contributed by atoms with Crippen LogP contribution in [-0.4, -0.2) is 74.9 Å². The number of carbonyl (C=O) groups excluding carboxylic acids is 1. The van der Waals surface area contributed by atoms with Crippen LogP contribution in [0.1, 0.15) is 13.3 Å². The van der Waals surface area contributed by atoms with Crippen molar-refractivity contribution in [3.05, 3.63) is 11.6 Å². The van der Waals surface area contributed by atoms with Gasteiger partial charge in [-0.25, -0.2) is 4.79 Å². The number of rotatable bonds is 4. The average Bonchev–Trinajstić information content (AvgIpc) is 2.93. The number of carbonyl (C=O) groups is 1. The summed E-state index contributed by atoms with van der Waals surface area (Å²) in [5.41, 5.74) is 0.692. The average molecular weight is 268 g/mol. The molecule has 0 aromatic rings. The largest absolute Gasteiger partial charge is 0.466 e. The maximum atomic E-state index is 11.3. The second kappa shape index (κ2) is 7.03. The van der Waals surface area contributed by atoms with E-state index in [2.05, 4.69) is 9.80 Å². The first-order chi connectivity index (χ1) is 9.20. The fourth-order valence-corrected chi connectivity index (χ4v) is 2.73. The normalized spacial score (nSPS) is 26.6. The van der Waals surface area contributed by atoms with Gasteiger partial charge in [0.2, 0.25) is 0 Å². The summed E-state index contributed by atoms with van der Waals surface area (Å²) >= 11 is 0. The van der Waals surface area contributed by atoms with Gasteiger partial charge in [0.15, 0.2) is 0 Å². The predicted octanol–water partition coefficient (Wildman–Crippen LogP) is 0.512. The molecule has 2 heterocycles. The second-order valence-corrected chi connectivity index (χ2v) is 5.23. The minimum Gasteiger partial charge on any atom is -0.466 e. The Morgan fingerprint density at radius 3 is 2.79 bits per heavy atom. The Labute approximate surface area is 115 Å². The van der Waals surface area contributed by atoms with E-state index in [4.69, 9.17) is 9.47 Å². The second-order valence-electron chi connectivity index (χ2n) is 5.23. The van der Waals surface area contributed by atoms with Crippen molar-refractivity contribution in [2.24, 2.45) is 0 Å². The summed E-state index contributed by atoms with van der Waals surface area (Å²) in [7, 11) is 1.42. The fourth-order valence-electron chi connectivity index (χ4n) is 2.73. The summed E-state index contributed by atoms with van der Waals surface area (Å²) < 4.78 is 10.1. The molecule has 2 fully saturated rings. The molecule has 2 rings (SSSR count). The molecule has 5 heteroatoms. The smallest absolute Gasteiger partial charge is 0.333 e. The predicted molar refractivity (Wildman–Crippen MR) is 73.0 cm³/mol. The van der Waals surface area contributed by atoms with Crippen molar-refractivity contribution in [1.82, 2.24) is 9.80 Å². The van der Waals surface area contributed by atoms with Crippen molar-refractivity contribution in [3.63, 3.8) is 0 Å². The van der Waals surface area contributed by atoms with Crippen LogP contribution in [0.3, 0.4) is 0 Å². The van der Waals surface area contributed by atoms with Crippen LogP contribution in [0.5, 0.6) is 0 Å². The van der Waals surface area contributed by atoms with Gasteiger partial charge in [-0.3, -0.25) is 9.80 Å². The number of methoxy groups -OCH3 is 1. The summed E-state index contributed by atoms with van der Waals surface area (Å²) in [4.78, 5) is 16.2. The molecule has 108 valence electrons. The van der Waals surface area contributed by atoms with Crippen molar-refractivity contribution in [2.45, 2.75) is 19.4 Å². The van der Waals surface area contributed by atoms with Gasteiger partial charge in [0.1, 0.15) is 0 Å². The summed E-state index contributed by atoms with van der Waals surface area (Å²) in [6.45, 7) is 8.65. The van der Waals surface area contributed by atoms with Crippen LogP contribution in [0.4, 0.5) is 0 Å². The van der Waals surface area contributed by atoms with Crippen molar-refractivity contribution in [2.75, 3.05) is 53.0 Å². The van der Waals surface area contributed by atoms with Crippen LogP contribution >= 0.6 is 0 Å². The molecule has 0 N–H and O–H groups in total. The number of hydrogen-bond acceptors (Lipinski definition) is 5. The first-order valence-electron chi connectivity index (χ1n) is 7.00. The zero-order valence-electron chi connectivity index (χ0n) is 11.9. The van der Waals surface area contributed by atoms with Crippen LogP contribution in [-0.2, 0) is 14.3 Å². The lowest BCUT2D eigenvalue weighted by atomic mass is 10.2. The summed E-state index contributed by atoms with van der Waals surface area (Å²) in [5.74, 6) is -0.232. The van der Waals surface area contributed by atoms with E-state index in [1.807, 2.05) is 6.08 Å². The van der Waals surface area contributed by atoms with Crippen LogP contribution in [0.2, 0.25) is 0 Å². The zero-order valence-corrected chi connectivity index (χ0v) is 11.9. The van der Waals surface area contributed by atoms with Crippen LogP contribution < -0.4 is 0 Å². The number of esters is 1. The topological polar surface area (TPSA) is 42.0 Å². The molecule has 5 nitrogen and oxygen atoms in total. The van der Waals surface area contributed by atoms with E-state index in [9.17, 15) is 4.79 Å². The van der Waals surface area contributed by atoms with Crippen LogP contribution in [0.25, 0.3) is 0 Å². The third kappa shape index (κ3) is 4.03. The number of hydrogen-bond donors (Lipinski definition) is 0. The zero-order chi connectivity index (χ0) is 13.7. The minimum atomic E-state index is -0.232. The molecule has 0 aromatic carbocycles. The standard InChI is InChI=1S/C14H24N2O3/c1-12(14(17)18-2)3-5-15-6-4-13(11-15)16-7-9-19-10-8-16/h3,13H,4-11H2,1-2H3. The number of ether oxygens (including phenoxy) is 2. The highest BCUT2D eigenvalue weighted by molar-refractivity contribution is 5.87. The van der Waals surface area contributed by atoms with Gasteiger partial charge >= 0.3 is 5.97 Å². The van der Waals surface area contributed by atoms with Gasteiger partial charge in [-0.1, -0.05) is 6.08 Å². The number of nitrogens with zero attached hydrogens (tertiary/aromatic N) is 2.